The predicted octanol–water partition coefficient (Wildman–Crippen LogP) is -5.61. The molecule has 120 valence electrons. The lowest BCUT2D eigenvalue weighted by molar-refractivity contribution is -0.546. The first-order chi connectivity index (χ1) is 9.51. The first-order valence-corrected chi connectivity index (χ1v) is 5.52. The topological polar surface area (TPSA) is 198 Å². The van der Waals surface area contributed by atoms with Crippen molar-refractivity contribution in [1.29, 1.82) is 0 Å². The molecule has 0 aromatic carbocycles. The molecule has 2 atom stereocenters. The number of hydrogen-bond acceptors (Lipinski definition) is 11. The maximum absolute atomic E-state index is 9.68. The van der Waals surface area contributed by atoms with Crippen LogP contribution in [-0.2, 0) is 4.74 Å². The zero-order chi connectivity index (χ0) is 16.1. The lowest BCUT2D eigenvalue weighted by Gasteiger charge is -2.52. The summed E-state index contributed by atoms with van der Waals surface area (Å²) in [5.74, 6) is -11.6. The molecule has 1 aromatic heterocycles. The van der Waals surface area contributed by atoms with E-state index in [1.54, 1.807) is 0 Å². The summed E-state index contributed by atoms with van der Waals surface area (Å²) in [4.78, 5) is 8.34. The fourth-order valence-corrected chi connectivity index (χ4v) is 1.75. The summed E-state index contributed by atoms with van der Waals surface area (Å²) < 4.78 is 5.36. The number of aromatic nitrogens is 2. The molecule has 1 saturated heterocycles. The van der Waals surface area contributed by atoms with Gasteiger partial charge in [-0.05, 0) is 0 Å². The van der Waals surface area contributed by atoms with Gasteiger partial charge in [0.05, 0.1) is 6.20 Å². The van der Waals surface area contributed by atoms with Crippen molar-refractivity contribution in [1.82, 2.24) is 9.71 Å². The van der Waals surface area contributed by atoms with Crippen LogP contribution in [0.5, 0.6) is 0 Å². The second kappa shape index (κ2) is 4.84. The van der Waals surface area contributed by atoms with Gasteiger partial charge in [0.25, 0.3) is 23.7 Å². The van der Waals surface area contributed by atoms with Crippen molar-refractivity contribution in [2.45, 2.75) is 36.0 Å². The Labute approximate surface area is 116 Å². The highest BCUT2D eigenvalue weighted by Gasteiger charge is 2.75. The van der Waals surface area contributed by atoms with Crippen LogP contribution >= 0.6 is 0 Å². The number of aliphatic hydroxyl groups is 8. The summed E-state index contributed by atoms with van der Waals surface area (Å²) in [7, 11) is 0. The fraction of sp³-hybridized carbons (Fsp3) is 0.667. The Morgan fingerprint density at radius 3 is 2.19 bits per heavy atom. The van der Waals surface area contributed by atoms with Crippen LogP contribution in [0.2, 0.25) is 0 Å². The molecule has 12 heteroatoms. The second-order valence-electron chi connectivity index (χ2n) is 4.45. The molecule has 0 radical (unpaired) electrons. The average molecular weight is 310 g/mol. The van der Waals surface area contributed by atoms with Gasteiger partial charge in [0.2, 0.25) is 0 Å². The molecule has 0 aliphatic carbocycles. The Bertz CT molecular complexity index is 485. The van der Waals surface area contributed by atoms with E-state index in [0.717, 1.165) is 11.1 Å². The molecule has 0 amide bonds. The maximum atomic E-state index is 9.68. The Morgan fingerprint density at radius 2 is 1.71 bits per heavy atom. The Morgan fingerprint density at radius 1 is 1.10 bits per heavy atom. The van der Waals surface area contributed by atoms with E-state index in [-0.39, 0.29) is 0 Å². The summed E-state index contributed by atoms with van der Waals surface area (Å²) >= 11 is 0. The van der Waals surface area contributed by atoms with E-state index in [4.69, 9.17) is 15.1 Å². The van der Waals surface area contributed by atoms with Gasteiger partial charge in [0.15, 0.2) is 12.4 Å². The van der Waals surface area contributed by atoms with Gasteiger partial charge in [-0.25, -0.2) is 4.98 Å². The van der Waals surface area contributed by atoms with Crippen LogP contribution in [0.1, 0.15) is 0 Å². The minimum Gasteiger partial charge on any atom is -0.375 e. The average Bonchev–Trinajstić information content (AvgIpc) is 2.84. The van der Waals surface area contributed by atoms with Crippen molar-refractivity contribution in [2.24, 2.45) is 0 Å². The van der Waals surface area contributed by atoms with E-state index >= 15 is 0 Å². The highest BCUT2D eigenvalue weighted by atomic mass is 16.8. The maximum Gasteiger partial charge on any atom is 0.291 e. The molecule has 1 fully saturated rings. The standard InChI is InChI=1S/C9H14N2O10/c12-5(13)4-7(14,15)9(18,19)8(16,17)6(20-4)21-11-2-1-10-3-11/h1-6,12-19H/t4-,6?/m1/s1. The summed E-state index contributed by atoms with van der Waals surface area (Å²) in [6.07, 6.45) is -3.97. The van der Waals surface area contributed by atoms with Crippen molar-refractivity contribution in [3.8, 4) is 0 Å². The molecular weight excluding hydrogens is 296 g/mol. The SMILES string of the molecule is OC(O)[C@H]1OC(On2ccnc2)C(O)(O)C(O)(O)C1(O)O. The van der Waals surface area contributed by atoms with E-state index in [1.807, 2.05) is 0 Å². The van der Waals surface area contributed by atoms with E-state index in [9.17, 15) is 30.6 Å². The van der Waals surface area contributed by atoms with E-state index in [1.165, 1.54) is 12.4 Å². The highest BCUT2D eigenvalue weighted by Crippen LogP contribution is 2.40. The number of hydrogen-bond donors (Lipinski definition) is 8. The zero-order valence-electron chi connectivity index (χ0n) is 10.3. The molecule has 12 nitrogen and oxygen atoms in total. The molecule has 1 aliphatic rings. The minimum atomic E-state index is -4.04. The van der Waals surface area contributed by atoms with Gasteiger partial charge in [-0.15, -0.1) is 0 Å². The van der Waals surface area contributed by atoms with Gasteiger partial charge >= 0.3 is 0 Å². The van der Waals surface area contributed by atoms with Crippen molar-refractivity contribution < 1.29 is 50.4 Å². The van der Waals surface area contributed by atoms with Gasteiger partial charge in [-0.2, -0.15) is 4.73 Å². The molecule has 1 aromatic rings. The molecule has 0 bridgehead atoms. The van der Waals surface area contributed by atoms with Crippen molar-refractivity contribution in [2.75, 3.05) is 0 Å². The third kappa shape index (κ3) is 2.28. The Balaban J connectivity index is 2.38. The summed E-state index contributed by atoms with van der Waals surface area (Å²) in [5.41, 5.74) is 0. The summed E-state index contributed by atoms with van der Waals surface area (Å²) in [6.45, 7) is 0. The van der Waals surface area contributed by atoms with E-state index < -0.39 is 36.0 Å². The fourth-order valence-electron chi connectivity index (χ4n) is 1.75. The quantitative estimate of drug-likeness (QED) is 0.247. The van der Waals surface area contributed by atoms with Crippen molar-refractivity contribution in [3.63, 3.8) is 0 Å². The molecule has 2 rings (SSSR count). The molecule has 21 heavy (non-hydrogen) atoms. The molecule has 2 heterocycles. The number of imidazole rings is 1. The van der Waals surface area contributed by atoms with Gasteiger partial charge in [0.1, 0.15) is 6.33 Å². The summed E-state index contributed by atoms with van der Waals surface area (Å²) in [5, 5.41) is 75.6. The first-order valence-electron chi connectivity index (χ1n) is 5.52. The lowest BCUT2D eigenvalue weighted by Crippen LogP contribution is -2.82. The summed E-state index contributed by atoms with van der Waals surface area (Å²) in [6, 6.07) is 0. The number of nitrogens with zero attached hydrogens (tertiary/aromatic N) is 2. The van der Waals surface area contributed by atoms with Crippen LogP contribution < -0.4 is 4.84 Å². The lowest BCUT2D eigenvalue weighted by atomic mass is 9.88. The van der Waals surface area contributed by atoms with Crippen LogP contribution in [0, 0.1) is 0 Å². The van der Waals surface area contributed by atoms with E-state index in [2.05, 4.69) is 9.72 Å². The van der Waals surface area contributed by atoms with Crippen molar-refractivity contribution >= 4 is 0 Å². The molecular formula is C9H14N2O10. The largest absolute Gasteiger partial charge is 0.375 e. The second-order valence-corrected chi connectivity index (χ2v) is 4.45. The first kappa shape index (κ1) is 16.0. The van der Waals surface area contributed by atoms with Gasteiger partial charge < -0.3 is 50.4 Å². The third-order valence-electron chi connectivity index (χ3n) is 2.99. The number of ether oxygens (including phenoxy) is 1. The number of aliphatic hydroxyl groups excluding tert-OH is 1. The Hall–Kier alpha value is -1.35. The molecule has 1 aliphatic heterocycles. The normalized spacial score (nSPS) is 30.3. The van der Waals surface area contributed by atoms with Crippen LogP contribution in [0.15, 0.2) is 18.7 Å². The molecule has 0 saturated carbocycles. The van der Waals surface area contributed by atoms with Crippen LogP contribution in [0.4, 0.5) is 0 Å². The van der Waals surface area contributed by atoms with Crippen LogP contribution in [-0.4, -0.2) is 86.6 Å². The zero-order valence-corrected chi connectivity index (χ0v) is 10.3. The van der Waals surface area contributed by atoms with E-state index in [0.29, 0.717) is 0 Å². The van der Waals surface area contributed by atoms with Crippen LogP contribution in [0.3, 0.4) is 0 Å². The Kier molecular flexibility index (Phi) is 3.69. The predicted molar refractivity (Wildman–Crippen MR) is 57.2 cm³/mol. The monoisotopic (exact) mass is 310 g/mol. The van der Waals surface area contributed by atoms with Gasteiger partial charge in [-0.3, -0.25) is 0 Å². The molecule has 0 spiro atoms. The van der Waals surface area contributed by atoms with Crippen molar-refractivity contribution in [3.05, 3.63) is 18.7 Å². The third-order valence-corrected chi connectivity index (χ3v) is 2.99. The van der Waals surface area contributed by atoms with Gasteiger partial charge in [-0.1, -0.05) is 0 Å². The van der Waals surface area contributed by atoms with Gasteiger partial charge in [0, 0.05) is 6.20 Å². The smallest absolute Gasteiger partial charge is 0.291 e. The minimum absolute atomic E-state index is 0.768. The highest BCUT2D eigenvalue weighted by molar-refractivity contribution is 5.04. The number of rotatable bonds is 3. The molecule has 8 N–H and O–H groups in total. The van der Waals surface area contributed by atoms with Crippen LogP contribution in [0.25, 0.3) is 0 Å². The molecule has 1 unspecified atom stereocenters.